The van der Waals surface area contributed by atoms with Crippen LogP contribution in [0.1, 0.15) is 10.4 Å². The minimum atomic E-state index is -0.667. The number of hydrogen-bond donors (Lipinski definition) is 0. The number of ether oxygens (including phenoxy) is 2. The number of carbonyl (C=O) groups excluding carboxylic acids is 2. The van der Waals surface area contributed by atoms with E-state index < -0.39 is 6.10 Å². The molecule has 0 aliphatic carbocycles. The molecule has 0 aromatic heterocycles. The van der Waals surface area contributed by atoms with Crippen molar-refractivity contribution < 1.29 is 19.1 Å². The molecule has 6 nitrogen and oxygen atoms in total. The number of halogens is 1. The second-order valence-electron chi connectivity index (χ2n) is 6.83. The number of fused-ring (bicyclic) bond motifs is 1. The van der Waals surface area contributed by atoms with Crippen LogP contribution in [0.25, 0.3) is 0 Å². The molecule has 0 bridgehead atoms. The zero-order chi connectivity index (χ0) is 20.4. The van der Waals surface area contributed by atoms with Crippen LogP contribution in [0.3, 0.4) is 0 Å². The molecular weight excluding hydrogens is 412 g/mol. The van der Waals surface area contributed by atoms with E-state index >= 15 is 0 Å². The van der Waals surface area contributed by atoms with Crippen LogP contribution in [0.15, 0.2) is 47.4 Å². The standard InChI is InChI=1S/C21H21ClN2O4S/c1-29-14-6-7-16(22)15(12-14)20(25)23-8-10-24(11-9-23)21(26)19-13-27-17-4-2-3-5-18(17)28-19/h2-7,12,19H,8-11,13H2,1H3/t19-/m0/s1. The van der Waals surface area contributed by atoms with E-state index in [1.165, 1.54) is 0 Å². The van der Waals surface area contributed by atoms with Gasteiger partial charge in [0, 0.05) is 31.1 Å². The van der Waals surface area contributed by atoms with E-state index in [0.29, 0.717) is 48.3 Å². The molecule has 1 saturated heterocycles. The maximum absolute atomic E-state index is 12.9. The summed E-state index contributed by atoms with van der Waals surface area (Å²) in [6, 6.07) is 12.8. The average Bonchev–Trinajstić information content (AvgIpc) is 2.78. The average molecular weight is 433 g/mol. The molecule has 2 aromatic rings. The van der Waals surface area contributed by atoms with Gasteiger partial charge in [-0.2, -0.15) is 0 Å². The SMILES string of the molecule is CSc1ccc(Cl)c(C(=O)N2CCN(C(=O)[C@@H]3COc4ccccc4O3)CC2)c1. The van der Waals surface area contributed by atoms with E-state index in [-0.39, 0.29) is 18.4 Å². The maximum atomic E-state index is 12.9. The Bertz CT molecular complexity index is 931. The number of benzene rings is 2. The van der Waals surface area contributed by atoms with Crippen molar-refractivity contribution in [2.45, 2.75) is 11.0 Å². The Kier molecular flexibility index (Phi) is 5.87. The Morgan fingerprint density at radius 3 is 2.45 bits per heavy atom. The molecule has 2 aliphatic heterocycles. The van der Waals surface area contributed by atoms with Crippen LogP contribution >= 0.6 is 23.4 Å². The monoisotopic (exact) mass is 432 g/mol. The van der Waals surface area contributed by atoms with Crippen molar-refractivity contribution in [1.82, 2.24) is 9.80 Å². The summed E-state index contributed by atoms with van der Waals surface area (Å²) in [5, 5.41) is 0.442. The maximum Gasteiger partial charge on any atom is 0.267 e. The third kappa shape index (κ3) is 4.16. The van der Waals surface area contributed by atoms with Crippen LogP contribution in [0.5, 0.6) is 11.5 Å². The summed E-state index contributed by atoms with van der Waals surface area (Å²) in [4.78, 5) is 30.2. The molecule has 0 saturated carbocycles. The number of nitrogens with zero attached hydrogens (tertiary/aromatic N) is 2. The van der Waals surface area contributed by atoms with Crippen LogP contribution in [-0.4, -0.2) is 66.8 Å². The molecule has 0 radical (unpaired) electrons. The Hall–Kier alpha value is -2.38. The van der Waals surface area contributed by atoms with Gasteiger partial charge in [0.15, 0.2) is 11.5 Å². The number of rotatable bonds is 3. The fourth-order valence-electron chi connectivity index (χ4n) is 3.44. The predicted octanol–water partition coefficient (Wildman–Crippen LogP) is 3.19. The van der Waals surface area contributed by atoms with Gasteiger partial charge >= 0.3 is 0 Å². The molecule has 2 heterocycles. The van der Waals surface area contributed by atoms with E-state index in [9.17, 15) is 9.59 Å². The molecule has 2 aromatic carbocycles. The van der Waals surface area contributed by atoms with Crippen molar-refractivity contribution in [2.75, 3.05) is 39.0 Å². The van der Waals surface area contributed by atoms with E-state index in [4.69, 9.17) is 21.1 Å². The van der Waals surface area contributed by atoms with Crippen molar-refractivity contribution in [3.05, 3.63) is 53.1 Å². The van der Waals surface area contributed by atoms with Gasteiger partial charge in [-0.25, -0.2) is 0 Å². The van der Waals surface area contributed by atoms with Crippen LogP contribution in [0.4, 0.5) is 0 Å². The third-order valence-electron chi connectivity index (χ3n) is 5.07. The summed E-state index contributed by atoms with van der Waals surface area (Å²) < 4.78 is 11.5. The minimum absolute atomic E-state index is 0.107. The molecule has 2 amide bonds. The molecule has 1 atom stereocenters. The molecule has 0 unspecified atom stereocenters. The number of carbonyl (C=O) groups is 2. The minimum Gasteiger partial charge on any atom is -0.485 e. The summed E-state index contributed by atoms with van der Waals surface area (Å²) in [6.07, 6.45) is 1.29. The zero-order valence-corrected chi connectivity index (χ0v) is 17.5. The first kappa shape index (κ1) is 19.9. The molecular formula is C21H21ClN2O4S. The topological polar surface area (TPSA) is 59.1 Å². The van der Waals surface area contributed by atoms with Crippen molar-refractivity contribution in [3.63, 3.8) is 0 Å². The van der Waals surface area contributed by atoms with Crippen LogP contribution in [-0.2, 0) is 4.79 Å². The number of thioether (sulfide) groups is 1. The lowest BCUT2D eigenvalue weighted by Crippen LogP contribution is -2.55. The smallest absolute Gasteiger partial charge is 0.267 e. The molecule has 4 rings (SSSR count). The lowest BCUT2D eigenvalue weighted by atomic mass is 10.1. The van der Waals surface area contributed by atoms with E-state index in [1.54, 1.807) is 33.7 Å². The van der Waals surface area contributed by atoms with Gasteiger partial charge in [0.2, 0.25) is 6.10 Å². The van der Waals surface area contributed by atoms with E-state index in [1.807, 2.05) is 36.6 Å². The van der Waals surface area contributed by atoms with Gasteiger partial charge in [0.25, 0.3) is 11.8 Å². The van der Waals surface area contributed by atoms with Gasteiger partial charge in [-0.1, -0.05) is 23.7 Å². The van der Waals surface area contributed by atoms with Crippen molar-refractivity contribution in [2.24, 2.45) is 0 Å². The van der Waals surface area contributed by atoms with Gasteiger partial charge in [0.1, 0.15) is 6.61 Å². The molecule has 0 spiro atoms. The largest absolute Gasteiger partial charge is 0.485 e. The zero-order valence-electron chi connectivity index (χ0n) is 16.0. The number of amides is 2. The summed E-state index contributed by atoms with van der Waals surface area (Å²) in [6.45, 7) is 1.99. The first-order valence-electron chi connectivity index (χ1n) is 9.37. The van der Waals surface area contributed by atoms with Crippen molar-refractivity contribution in [3.8, 4) is 11.5 Å². The fourth-order valence-corrected chi connectivity index (χ4v) is 4.08. The first-order valence-corrected chi connectivity index (χ1v) is 11.0. The van der Waals surface area contributed by atoms with Gasteiger partial charge in [-0.15, -0.1) is 11.8 Å². The van der Waals surface area contributed by atoms with E-state index in [2.05, 4.69) is 0 Å². The normalized spacial score (nSPS) is 18.5. The summed E-state index contributed by atoms with van der Waals surface area (Å²) >= 11 is 7.80. The lowest BCUT2D eigenvalue weighted by Gasteiger charge is -2.37. The van der Waals surface area contributed by atoms with Crippen molar-refractivity contribution in [1.29, 1.82) is 0 Å². The number of para-hydroxylation sites is 2. The van der Waals surface area contributed by atoms with Crippen LogP contribution in [0.2, 0.25) is 5.02 Å². The highest BCUT2D eigenvalue weighted by Crippen LogP contribution is 2.31. The first-order chi connectivity index (χ1) is 14.1. The van der Waals surface area contributed by atoms with Gasteiger partial charge in [0.05, 0.1) is 10.6 Å². The number of hydrogen-bond acceptors (Lipinski definition) is 5. The Balaban J connectivity index is 1.37. The Morgan fingerprint density at radius 2 is 1.72 bits per heavy atom. The van der Waals surface area contributed by atoms with Gasteiger partial charge < -0.3 is 19.3 Å². The van der Waals surface area contributed by atoms with Gasteiger partial charge in [-0.3, -0.25) is 9.59 Å². The highest BCUT2D eigenvalue weighted by Gasteiger charge is 2.33. The highest BCUT2D eigenvalue weighted by molar-refractivity contribution is 7.98. The predicted molar refractivity (Wildman–Crippen MR) is 112 cm³/mol. The van der Waals surface area contributed by atoms with Crippen LogP contribution in [0, 0.1) is 0 Å². The Labute approximate surface area is 178 Å². The van der Waals surface area contributed by atoms with E-state index in [0.717, 1.165) is 4.90 Å². The lowest BCUT2D eigenvalue weighted by molar-refractivity contribution is -0.142. The molecule has 2 aliphatic rings. The number of piperazine rings is 1. The summed E-state index contributed by atoms with van der Waals surface area (Å²) in [5.41, 5.74) is 0.499. The summed E-state index contributed by atoms with van der Waals surface area (Å²) in [7, 11) is 0. The quantitative estimate of drug-likeness (QED) is 0.697. The molecule has 1 fully saturated rings. The second kappa shape index (κ2) is 8.55. The summed E-state index contributed by atoms with van der Waals surface area (Å²) in [5.74, 6) is 1.00. The third-order valence-corrected chi connectivity index (χ3v) is 6.12. The molecule has 0 N–H and O–H groups in total. The molecule has 29 heavy (non-hydrogen) atoms. The second-order valence-corrected chi connectivity index (χ2v) is 8.11. The molecule has 152 valence electrons. The van der Waals surface area contributed by atoms with Crippen molar-refractivity contribution >= 4 is 35.2 Å². The Morgan fingerprint density at radius 1 is 1.03 bits per heavy atom. The molecule has 8 heteroatoms. The highest BCUT2D eigenvalue weighted by atomic mass is 35.5. The van der Waals surface area contributed by atoms with Gasteiger partial charge in [-0.05, 0) is 36.6 Å². The fraction of sp³-hybridized carbons (Fsp3) is 0.333. The van der Waals surface area contributed by atoms with Crippen LogP contribution < -0.4 is 9.47 Å².